The maximum atomic E-state index is 12.4. The molecule has 1 aliphatic rings. The molecule has 1 aromatic heterocycles. The molecule has 0 saturated carbocycles. The monoisotopic (exact) mass is 618 g/mol. The van der Waals surface area contributed by atoms with Gasteiger partial charge in [0.05, 0.1) is 38.5 Å². The van der Waals surface area contributed by atoms with Crippen LogP contribution in [0.3, 0.4) is 0 Å². The van der Waals surface area contributed by atoms with Gasteiger partial charge >= 0.3 is 6.16 Å². The second kappa shape index (κ2) is 23.2. The van der Waals surface area contributed by atoms with E-state index < -0.39 is 6.16 Å². The van der Waals surface area contributed by atoms with E-state index in [9.17, 15) is 4.79 Å². The minimum atomic E-state index is -0.572. The molecule has 0 radical (unpaired) electrons. The molecule has 1 aliphatic heterocycles. The third kappa shape index (κ3) is 15.9. The van der Waals surface area contributed by atoms with Gasteiger partial charge in [-0.2, -0.15) is 4.37 Å². The predicted octanol–water partition coefficient (Wildman–Crippen LogP) is 10.0. The molecule has 7 nitrogen and oxygen atoms in total. The molecule has 0 amide bonds. The summed E-state index contributed by atoms with van der Waals surface area (Å²) < 4.78 is 26.6. The van der Waals surface area contributed by atoms with Gasteiger partial charge < -0.3 is 14.2 Å². The van der Waals surface area contributed by atoms with Crippen LogP contribution in [0.1, 0.15) is 136 Å². The van der Waals surface area contributed by atoms with Gasteiger partial charge in [-0.05, 0) is 44.9 Å². The number of quaternary nitrogens is 1. The highest BCUT2D eigenvalue weighted by Crippen LogP contribution is 2.31. The molecule has 2 atom stereocenters. The molecule has 0 aromatic carbocycles. The van der Waals surface area contributed by atoms with Crippen LogP contribution in [-0.4, -0.2) is 59.0 Å². The first kappa shape index (κ1) is 37.0. The molecule has 2 heterocycles. The van der Waals surface area contributed by atoms with Crippen LogP contribution in [0.5, 0.6) is 5.88 Å². The van der Waals surface area contributed by atoms with E-state index in [0.717, 1.165) is 49.9 Å². The van der Waals surface area contributed by atoms with Crippen molar-refractivity contribution in [1.82, 2.24) is 8.75 Å². The average Bonchev–Trinajstić information content (AvgIpc) is 3.47. The molecule has 1 aromatic rings. The Bertz CT molecular complexity index is 961. The first-order valence-electron chi connectivity index (χ1n) is 17.1. The third-order valence-electron chi connectivity index (χ3n) is 8.27. The smallest absolute Gasteiger partial charge is 0.475 e. The lowest BCUT2D eigenvalue weighted by Crippen LogP contribution is -2.55. The van der Waals surface area contributed by atoms with E-state index in [1.807, 2.05) is 6.92 Å². The van der Waals surface area contributed by atoms with Crippen LogP contribution in [0.25, 0.3) is 5.57 Å². The van der Waals surface area contributed by atoms with Crippen molar-refractivity contribution in [3.63, 3.8) is 0 Å². The Morgan fingerprint density at radius 1 is 0.884 bits per heavy atom. The molecule has 2 rings (SSSR count). The number of carbonyl (C=O) groups is 1. The van der Waals surface area contributed by atoms with Crippen molar-refractivity contribution in [3.05, 3.63) is 36.1 Å². The molecule has 43 heavy (non-hydrogen) atoms. The summed E-state index contributed by atoms with van der Waals surface area (Å²) >= 11 is 1.19. The number of likely N-dealkylation sites (N-methyl/N-ethyl adjacent to an activating group) is 1. The maximum Gasteiger partial charge on any atom is 0.512 e. The van der Waals surface area contributed by atoms with Crippen molar-refractivity contribution < 1.29 is 23.5 Å². The van der Waals surface area contributed by atoms with Gasteiger partial charge in [0.1, 0.15) is 12.2 Å². The number of ether oxygens (including phenoxy) is 3. The molecule has 0 bridgehead atoms. The van der Waals surface area contributed by atoms with Gasteiger partial charge in [-0.1, -0.05) is 102 Å². The van der Waals surface area contributed by atoms with Gasteiger partial charge in [0.25, 0.3) is 5.88 Å². The Balaban J connectivity index is 1.55. The summed E-state index contributed by atoms with van der Waals surface area (Å²) in [6.07, 6.45) is 30.3. The van der Waals surface area contributed by atoms with Crippen molar-refractivity contribution in [3.8, 4) is 5.88 Å². The largest absolute Gasteiger partial charge is 0.512 e. The normalized spacial score (nSPS) is 17.8. The SMILES string of the molecule is CCCCC/C=C\C/C=C\CCCCCCCCOC(=O)OC(C)[N+]1(C)CCC=C(c2nsnc2OCCCCCC)C1. The van der Waals surface area contributed by atoms with Gasteiger partial charge in [0.15, 0.2) is 0 Å². The topological polar surface area (TPSA) is 70.5 Å². The fraction of sp³-hybridized carbons (Fsp3) is 0.743. The highest BCUT2D eigenvalue weighted by Gasteiger charge is 2.37. The summed E-state index contributed by atoms with van der Waals surface area (Å²) in [7, 11) is 2.12. The predicted molar refractivity (Wildman–Crippen MR) is 179 cm³/mol. The fourth-order valence-electron chi connectivity index (χ4n) is 5.26. The lowest BCUT2D eigenvalue weighted by atomic mass is 10.0. The number of rotatable bonds is 24. The van der Waals surface area contributed by atoms with E-state index in [1.165, 1.54) is 88.8 Å². The standard InChI is InChI=1S/C35H60N3O4S/c1-5-7-9-11-12-13-14-15-16-17-18-19-20-21-22-24-29-41-35(39)42-31(3)38(4)27-25-26-32(30-38)33-34(37-43-36-33)40-28-23-10-8-6-2/h12-13,15-16,26,31H,5-11,14,17-25,27-30H2,1-4H3/q+1/b13-12-,16-15-. The molecular formula is C35H60N3O4S+. The number of nitrogens with zero attached hydrogens (tertiary/aromatic N) is 3. The Kier molecular flexibility index (Phi) is 20.0. The summed E-state index contributed by atoms with van der Waals surface area (Å²) in [5.41, 5.74) is 1.94. The highest BCUT2D eigenvalue weighted by molar-refractivity contribution is 6.99. The Morgan fingerprint density at radius 3 is 2.26 bits per heavy atom. The van der Waals surface area contributed by atoms with E-state index in [4.69, 9.17) is 14.2 Å². The number of unbranched alkanes of at least 4 members (excludes halogenated alkanes) is 12. The van der Waals surface area contributed by atoms with Crippen molar-refractivity contribution in [2.45, 2.75) is 136 Å². The highest BCUT2D eigenvalue weighted by atomic mass is 32.1. The molecule has 8 heteroatoms. The van der Waals surface area contributed by atoms with Gasteiger partial charge in [0, 0.05) is 18.9 Å². The van der Waals surface area contributed by atoms with Crippen LogP contribution < -0.4 is 4.74 Å². The first-order valence-corrected chi connectivity index (χ1v) is 17.9. The maximum absolute atomic E-state index is 12.4. The molecule has 2 unspecified atom stereocenters. The summed E-state index contributed by atoms with van der Waals surface area (Å²) in [6.45, 7) is 9.08. The van der Waals surface area contributed by atoms with Crippen molar-refractivity contribution >= 4 is 23.5 Å². The molecule has 0 aliphatic carbocycles. The van der Waals surface area contributed by atoms with Crippen LogP contribution in [0.15, 0.2) is 30.4 Å². The summed E-state index contributed by atoms with van der Waals surface area (Å²) in [4.78, 5) is 12.4. The summed E-state index contributed by atoms with van der Waals surface area (Å²) in [6, 6.07) is 0. The van der Waals surface area contributed by atoms with Crippen LogP contribution in [0, 0.1) is 0 Å². The first-order chi connectivity index (χ1) is 21.0. The zero-order valence-electron chi connectivity index (χ0n) is 27.7. The number of carbonyl (C=O) groups excluding carboxylic acids is 1. The van der Waals surface area contributed by atoms with Crippen molar-refractivity contribution in [1.29, 1.82) is 0 Å². The quantitative estimate of drug-likeness (QED) is 0.0497. The van der Waals surface area contributed by atoms with Gasteiger partial charge in [-0.3, -0.25) is 4.48 Å². The molecule has 0 saturated heterocycles. The van der Waals surface area contributed by atoms with Gasteiger partial charge in [-0.25, -0.2) is 4.79 Å². The number of aromatic nitrogens is 2. The van der Waals surface area contributed by atoms with Crippen LogP contribution in [-0.2, 0) is 9.47 Å². The minimum absolute atomic E-state index is 0.322. The Hall–Kier alpha value is -2.19. The zero-order valence-corrected chi connectivity index (χ0v) is 28.5. The number of hydrogen-bond acceptors (Lipinski definition) is 7. The fourth-order valence-corrected chi connectivity index (χ4v) is 5.79. The van der Waals surface area contributed by atoms with E-state index in [2.05, 4.69) is 60.0 Å². The Labute approximate surface area is 266 Å². The van der Waals surface area contributed by atoms with Gasteiger partial charge in [0.2, 0.25) is 6.23 Å². The second-order valence-corrected chi connectivity index (χ2v) is 12.6. The van der Waals surface area contributed by atoms with Crippen molar-refractivity contribution in [2.24, 2.45) is 0 Å². The minimum Gasteiger partial charge on any atom is -0.475 e. The van der Waals surface area contributed by atoms with Crippen LogP contribution in [0.2, 0.25) is 0 Å². The second-order valence-electron chi connectivity index (χ2n) is 12.1. The van der Waals surface area contributed by atoms with Gasteiger partial charge in [-0.15, -0.1) is 4.37 Å². The lowest BCUT2D eigenvalue weighted by Gasteiger charge is -2.41. The third-order valence-corrected chi connectivity index (χ3v) is 8.78. The molecular weight excluding hydrogens is 558 g/mol. The number of allylic oxidation sites excluding steroid dienone is 4. The van der Waals surface area contributed by atoms with E-state index in [1.54, 1.807) is 0 Å². The number of hydrogen-bond donors (Lipinski definition) is 0. The molecule has 0 spiro atoms. The van der Waals surface area contributed by atoms with E-state index in [0.29, 0.717) is 30.1 Å². The average molecular weight is 619 g/mol. The Morgan fingerprint density at radius 2 is 1.51 bits per heavy atom. The van der Waals surface area contributed by atoms with E-state index >= 15 is 0 Å². The summed E-state index contributed by atoms with van der Waals surface area (Å²) in [5.74, 6) is 0.627. The molecule has 244 valence electrons. The lowest BCUT2D eigenvalue weighted by molar-refractivity contribution is -0.944. The van der Waals surface area contributed by atoms with Crippen LogP contribution >= 0.6 is 11.7 Å². The van der Waals surface area contributed by atoms with E-state index in [-0.39, 0.29) is 6.23 Å². The van der Waals surface area contributed by atoms with Crippen LogP contribution in [0.4, 0.5) is 4.79 Å². The zero-order chi connectivity index (χ0) is 31.0. The summed E-state index contributed by atoms with van der Waals surface area (Å²) in [5, 5.41) is 0. The molecule has 0 fully saturated rings. The van der Waals surface area contributed by atoms with Crippen molar-refractivity contribution in [2.75, 3.05) is 33.4 Å². The molecule has 0 N–H and O–H groups in total.